The molecular formula is C14H27NO4. The van der Waals surface area contributed by atoms with Gasteiger partial charge in [-0.1, -0.05) is 6.92 Å². The van der Waals surface area contributed by atoms with E-state index in [0.29, 0.717) is 25.5 Å². The van der Waals surface area contributed by atoms with Crippen LogP contribution in [-0.4, -0.2) is 49.6 Å². The summed E-state index contributed by atoms with van der Waals surface area (Å²) in [6.45, 7) is 7.48. The molecule has 5 nitrogen and oxygen atoms in total. The van der Waals surface area contributed by atoms with Crippen molar-refractivity contribution in [2.24, 2.45) is 5.92 Å². The molecule has 0 aromatic rings. The Bertz CT molecular complexity index is 266. The fourth-order valence-corrected chi connectivity index (χ4v) is 2.31. The van der Waals surface area contributed by atoms with Crippen molar-refractivity contribution in [1.82, 2.24) is 5.32 Å². The van der Waals surface area contributed by atoms with Crippen LogP contribution in [0.3, 0.4) is 0 Å². The predicted octanol–water partition coefficient (Wildman–Crippen LogP) is 1.66. The first kappa shape index (κ1) is 16.4. The first-order chi connectivity index (χ1) is 9.08. The highest BCUT2D eigenvalue weighted by atomic mass is 16.5. The number of carbonyl (C=O) groups is 1. The lowest BCUT2D eigenvalue weighted by atomic mass is 9.95. The minimum Gasteiger partial charge on any atom is -0.480 e. The van der Waals surface area contributed by atoms with Gasteiger partial charge in [0.2, 0.25) is 0 Å². The third-order valence-electron chi connectivity index (χ3n) is 3.63. The number of aliphatic carboxylic acids is 1. The summed E-state index contributed by atoms with van der Waals surface area (Å²) in [5.41, 5.74) is -0.811. The quantitative estimate of drug-likeness (QED) is 0.593. The summed E-state index contributed by atoms with van der Waals surface area (Å²) >= 11 is 0. The van der Waals surface area contributed by atoms with E-state index in [1.165, 1.54) is 0 Å². The second-order valence-corrected chi connectivity index (χ2v) is 5.43. The van der Waals surface area contributed by atoms with Gasteiger partial charge in [-0.2, -0.15) is 0 Å². The Morgan fingerprint density at radius 3 is 2.89 bits per heavy atom. The van der Waals surface area contributed by atoms with Gasteiger partial charge in [0.15, 0.2) is 0 Å². The smallest absolute Gasteiger partial charge is 0.323 e. The molecular weight excluding hydrogens is 246 g/mol. The number of carboxylic acid groups (broad SMARTS) is 1. The van der Waals surface area contributed by atoms with Crippen LogP contribution in [0.25, 0.3) is 0 Å². The maximum Gasteiger partial charge on any atom is 0.323 e. The number of ether oxygens (including phenoxy) is 2. The molecule has 0 aromatic heterocycles. The molecule has 1 aliphatic rings. The fourth-order valence-electron chi connectivity index (χ4n) is 2.31. The van der Waals surface area contributed by atoms with Gasteiger partial charge in [0.05, 0.1) is 13.2 Å². The van der Waals surface area contributed by atoms with E-state index >= 15 is 0 Å². The molecule has 2 atom stereocenters. The van der Waals surface area contributed by atoms with Crippen LogP contribution in [-0.2, 0) is 14.3 Å². The SMILES string of the molecule is CCNC(C)(CCCCOCC1CCOC1)C(=O)O. The Balaban J connectivity index is 2.06. The van der Waals surface area contributed by atoms with Crippen LogP contribution in [0.15, 0.2) is 0 Å². The van der Waals surface area contributed by atoms with E-state index in [1.807, 2.05) is 6.92 Å². The second-order valence-electron chi connectivity index (χ2n) is 5.43. The van der Waals surface area contributed by atoms with Gasteiger partial charge in [-0.15, -0.1) is 0 Å². The van der Waals surface area contributed by atoms with Gasteiger partial charge < -0.3 is 19.9 Å². The lowest BCUT2D eigenvalue weighted by Crippen LogP contribution is -2.49. The van der Waals surface area contributed by atoms with Gasteiger partial charge in [0.25, 0.3) is 0 Å². The molecule has 0 saturated carbocycles. The normalized spacial score (nSPS) is 22.3. The number of hydrogen-bond acceptors (Lipinski definition) is 4. The lowest BCUT2D eigenvalue weighted by Gasteiger charge is -2.25. The van der Waals surface area contributed by atoms with Crippen LogP contribution in [0.1, 0.15) is 39.5 Å². The van der Waals surface area contributed by atoms with E-state index in [-0.39, 0.29) is 0 Å². The van der Waals surface area contributed by atoms with Crippen LogP contribution < -0.4 is 5.32 Å². The molecule has 0 bridgehead atoms. The van der Waals surface area contributed by atoms with Crippen molar-refractivity contribution < 1.29 is 19.4 Å². The van der Waals surface area contributed by atoms with Crippen LogP contribution in [0.2, 0.25) is 0 Å². The highest BCUT2D eigenvalue weighted by Gasteiger charge is 2.30. The van der Waals surface area contributed by atoms with Crippen molar-refractivity contribution in [2.75, 3.05) is 33.0 Å². The number of hydrogen-bond donors (Lipinski definition) is 2. The van der Waals surface area contributed by atoms with E-state index in [1.54, 1.807) is 6.92 Å². The molecule has 1 rings (SSSR count). The number of nitrogens with one attached hydrogen (secondary N) is 1. The molecule has 2 N–H and O–H groups in total. The zero-order valence-corrected chi connectivity index (χ0v) is 12.1. The first-order valence-electron chi connectivity index (χ1n) is 7.22. The van der Waals surface area contributed by atoms with E-state index in [4.69, 9.17) is 9.47 Å². The molecule has 112 valence electrons. The number of rotatable bonds is 10. The largest absolute Gasteiger partial charge is 0.480 e. The lowest BCUT2D eigenvalue weighted by molar-refractivity contribution is -0.144. The summed E-state index contributed by atoms with van der Waals surface area (Å²) in [5.74, 6) is -0.232. The highest BCUT2D eigenvalue weighted by molar-refractivity contribution is 5.78. The molecule has 0 aliphatic carbocycles. The van der Waals surface area contributed by atoms with Gasteiger partial charge >= 0.3 is 5.97 Å². The van der Waals surface area contributed by atoms with Crippen LogP contribution in [0.4, 0.5) is 0 Å². The summed E-state index contributed by atoms with van der Waals surface area (Å²) in [6.07, 6.45) is 3.49. The molecule has 0 radical (unpaired) electrons. The molecule has 2 unspecified atom stereocenters. The van der Waals surface area contributed by atoms with E-state index < -0.39 is 11.5 Å². The van der Waals surface area contributed by atoms with Gasteiger partial charge in [-0.25, -0.2) is 0 Å². The molecule has 19 heavy (non-hydrogen) atoms. The summed E-state index contributed by atoms with van der Waals surface area (Å²) in [5, 5.41) is 12.2. The monoisotopic (exact) mass is 273 g/mol. The molecule has 1 fully saturated rings. The van der Waals surface area contributed by atoms with Crippen molar-refractivity contribution in [3.8, 4) is 0 Å². The predicted molar refractivity (Wildman–Crippen MR) is 73.3 cm³/mol. The Morgan fingerprint density at radius 1 is 1.53 bits per heavy atom. The van der Waals surface area contributed by atoms with Crippen molar-refractivity contribution in [2.45, 2.75) is 45.1 Å². The zero-order valence-electron chi connectivity index (χ0n) is 12.1. The van der Waals surface area contributed by atoms with Crippen LogP contribution in [0, 0.1) is 5.92 Å². The average molecular weight is 273 g/mol. The molecule has 5 heteroatoms. The Labute approximate surface area is 115 Å². The maximum atomic E-state index is 11.2. The van der Waals surface area contributed by atoms with Crippen LogP contribution in [0.5, 0.6) is 0 Å². The molecule has 0 amide bonds. The van der Waals surface area contributed by atoms with Crippen molar-refractivity contribution in [3.63, 3.8) is 0 Å². The number of likely N-dealkylation sites (N-methyl/N-ethyl adjacent to an activating group) is 1. The van der Waals surface area contributed by atoms with Crippen molar-refractivity contribution in [3.05, 3.63) is 0 Å². The van der Waals surface area contributed by atoms with E-state index in [9.17, 15) is 9.90 Å². The van der Waals surface area contributed by atoms with Crippen molar-refractivity contribution >= 4 is 5.97 Å². The highest BCUT2D eigenvalue weighted by Crippen LogP contribution is 2.15. The van der Waals surface area contributed by atoms with Gasteiger partial charge in [0, 0.05) is 19.1 Å². The Morgan fingerprint density at radius 2 is 2.32 bits per heavy atom. The topological polar surface area (TPSA) is 67.8 Å². The fraction of sp³-hybridized carbons (Fsp3) is 0.929. The molecule has 0 aromatic carbocycles. The third kappa shape index (κ3) is 5.89. The average Bonchev–Trinajstić information content (AvgIpc) is 2.86. The summed E-state index contributed by atoms with van der Waals surface area (Å²) in [4.78, 5) is 11.2. The zero-order chi connectivity index (χ0) is 14.1. The number of carboxylic acids is 1. The van der Waals surface area contributed by atoms with E-state index in [2.05, 4.69) is 5.32 Å². The molecule has 0 spiro atoms. The summed E-state index contributed by atoms with van der Waals surface area (Å²) in [7, 11) is 0. The summed E-state index contributed by atoms with van der Waals surface area (Å²) < 4.78 is 10.9. The Hall–Kier alpha value is -0.650. The minimum absolute atomic E-state index is 0.547. The minimum atomic E-state index is -0.811. The first-order valence-corrected chi connectivity index (χ1v) is 7.22. The summed E-state index contributed by atoms with van der Waals surface area (Å²) in [6, 6.07) is 0. The van der Waals surface area contributed by atoms with E-state index in [0.717, 1.165) is 39.1 Å². The molecule has 1 heterocycles. The van der Waals surface area contributed by atoms with Crippen LogP contribution >= 0.6 is 0 Å². The maximum absolute atomic E-state index is 11.2. The van der Waals surface area contributed by atoms with Gasteiger partial charge in [-0.05, 0) is 39.2 Å². The Kier molecular flexibility index (Phi) is 7.34. The van der Waals surface area contributed by atoms with Gasteiger partial charge in [-0.3, -0.25) is 4.79 Å². The van der Waals surface area contributed by atoms with Gasteiger partial charge in [0.1, 0.15) is 5.54 Å². The molecule has 1 aliphatic heterocycles. The third-order valence-corrected chi connectivity index (χ3v) is 3.63. The second kappa shape index (κ2) is 8.51. The standard InChI is InChI=1S/C14H27NO4/c1-3-15-14(2,13(16)17)7-4-5-8-18-10-12-6-9-19-11-12/h12,15H,3-11H2,1-2H3,(H,16,17). The molecule has 1 saturated heterocycles. The van der Waals surface area contributed by atoms with Crippen molar-refractivity contribution in [1.29, 1.82) is 0 Å². The number of unbranched alkanes of at least 4 members (excludes halogenated alkanes) is 1.